The van der Waals surface area contributed by atoms with Crippen LogP contribution in [0.4, 0.5) is 17.1 Å². The molecule has 0 aliphatic rings. The van der Waals surface area contributed by atoms with Gasteiger partial charge < -0.3 is 19.6 Å². The maximum Gasteiger partial charge on any atom is 0.469 e. The van der Waals surface area contributed by atoms with Crippen molar-refractivity contribution in [1.82, 2.24) is 4.90 Å². The minimum Gasteiger partial charge on any atom is -0.364 e. The lowest BCUT2D eigenvalue weighted by Crippen LogP contribution is -2.40. The number of nitrogens with zero attached hydrogens (tertiary/aromatic N) is 4. The monoisotopic (exact) mass is 604 g/mol. The van der Waals surface area contributed by atoms with Crippen molar-refractivity contribution in [3.63, 3.8) is 0 Å². The average molecular weight is 606 g/mol. The average Bonchev–Trinajstić information content (AvgIpc) is 2.68. The van der Waals surface area contributed by atoms with Crippen molar-refractivity contribution in [2.75, 3.05) is 41.8 Å². The highest BCUT2D eigenvalue weighted by atomic mass is 79.9. The lowest BCUT2D eigenvalue weighted by molar-refractivity contribution is -0.393. The molecule has 1 amide bonds. The highest BCUT2D eigenvalue weighted by molar-refractivity contribution is 9.09. The smallest absolute Gasteiger partial charge is 0.364 e. The fraction of sp³-hybridized carbons (Fsp3) is 0.562. The van der Waals surface area contributed by atoms with Crippen molar-refractivity contribution in [3.05, 3.63) is 37.9 Å². The summed E-state index contributed by atoms with van der Waals surface area (Å²) in [6.07, 6.45) is 0. The Labute approximate surface area is 200 Å². The number of carbonyl (C=O) groups is 1. The fourth-order valence-electron chi connectivity index (χ4n) is 2.89. The third kappa shape index (κ3) is 8.05. The van der Waals surface area contributed by atoms with Gasteiger partial charge in [0.05, 0.1) is 28.1 Å². The number of nitro groups is 2. The van der Waals surface area contributed by atoms with Crippen molar-refractivity contribution in [3.8, 4) is 0 Å². The number of alkyl halides is 2. The second-order valence-electron chi connectivity index (χ2n) is 6.66. The van der Waals surface area contributed by atoms with Gasteiger partial charge in [-0.15, -0.1) is 0 Å². The highest BCUT2D eigenvalue weighted by Gasteiger charge is 2.33. The number of phosphoric ester groups is 1. The molecule has 0 fully saturated rings. The van der Waals surface area contributed by atoms with Crippen LogP contribution in [-0.2, 0) is 9.09 Å². The molecule has 1 aromatic carbocycles. The molecular weight excluding hydrogens is 583 g/mol. The third-order valence-corrected chi connectivity index (χ3v) is 5.44. The standard InChI is InChI=1S/C16H23Br2N4O9P/c1-11(2)20(7-8-31-32(28,29)30)16(23)13-9-12(21(24)25)10-14(22(26)27)15(13)19(5-3-17)6-4-18/h9-11H,3-8H2,1-2H3,(H2,28,29,30). The number of hydrogen-bond acceptors (Lipinski definition) is 8. The van der Waals surface area contributed by atoms with E-state index < -0.39 is 47.6 Å². The molecule has 13 nitrogen and oxygen atoms in total. The van der Waals surface area contributed by atoms with Crippen LogP contribution in [-0.4, -0.2) is 73.4 Å². The Morgan fingerprint density at radius 1 is 1.12 bits per heavy atom. The molecule has 1 aromatic rings. The number of amides is 1. The highest BCUT2D eigenvalue weighted by Crippen LogP contribution is 2.38. The lowest BCUT2D eigenvalue weighted by Gasteiger charge is -2.30. The summed E-state index contributed by atoms with van der Waals surface area (Å²) < 4.78 is 15.4. The zero-order chi connectivity index (χ0) is 24.6. The molecule has 0 aromatic heterocycles. The summed E-state index contributed by atoms with van der Waals surface area (Å²) in [5, 5.41) is 24.0. The van der Waals surface area contributed by atoms with E-state index >= 15 is 0 Å². The number of hydrogen-bond donors (Lipinski definition) is 2. The van der Waals surface area contributed by atoms with Crippen LogP contribution in [0.15, 0.2) is 12.1 Å². The molecule has 0 atom stereocenters. The molecule has 0 bridgehead atoms. The Bertz CT molecular complexity index is 891. The molecule has 16 heteroatoms. The van der Waals surface area contributed by atoms with Crippen molar-refractivity contribution in [2.45, 2.75) is 19.9 Å². The van der Waals surface area contributed by atoms with Crippen molar-refractivity contribution in [2.24, 2.45) is 0 Å². The number of benzene rings is 1. The first kappa shape index (κ1) is 28.4. The molecule has 0 unspecified atom stereocenters. The van der Waals surface area contributed by atoms with Crippen LogP contribution in [0.1, 0.15) is 24.2 Å². The molecule has 1 rings (SSSR count). The van der Waals surface area contributed by atoms with Crippen LogP contribution in [0.2, 0.25) is 0 Å². The van der Waals surface area contributed by atoms with Gasteiger partial charge in [-0.2, -0.15) is 0 Å². The van der Waals surface area contributed by atoms with Gasteiger partial charge in [0.2, 0.25) is 0 Å². The van der Waals surface area contributed by atoms with Crippen LogP contribution in [0.25, 0.3) is 0 Å². The minimum atomic E-state index is -4.77. The van der Waals surface area contributed by atoms with E-state index in [1.807, 2.05) is 0 Å². The summed E-state index contributed by atoms with van der Waals surface area (Å²) >= 11 is 6.52. The number of nitro benzene ring substituents is 2. The number of halogens is 2. The molecule has 0 spiro atoms. The molecule has 180 valence electrons. The van der Waals surface area contributed by atoms with Crippen LogP contribution < -0.4 is 4.90 Å². The van der Waals surface area contributed by atoms with Gasteiger partial charge in [-0.3, -0.25) is 29.5 Å². The van der Waals surface area contributed by atoms with Gasteiger partial charge in [0, 0.05) is 42.4 Å². The number of anilines is 1. The van der Waals surface area contributed by atoms with Gasteiger partial charge in [-0.25, -0.2) is 4.57 Å². The van der Waals surface area contributed by atoms with Gasteiger partial charge in [0.25, 0.3) is 17.3 Å². The number of carbonyl (C=O) groups excluding carboxylic acids is 1. The van der Waals surface area contributed by atoms with Crippen molar-refractivity contribution >= 4 is 62.7 Å². The van der Waals surface area contributed by atoms with E-state index in [-0.39, 0.29) is 30.9 Å². The van der Waals surface area contributed by atoms with Crippen LogP contribution in [0.5, 0.6) is 0 Å². The molecule has 0 heterocycles. The van der Waals surface area contributed by atoms with Gasteiger partial charge in [0.15, 0.2) is 0 Å². The van der Waals surface area contributed by atoms with E-state index in [9.17, 15) is 29.6 Å². The molecule has 0 saturated heterocycles. The second kappa shape index (κ2) is 12.6. The Morgan fingerprint density at radius 2 is 1.69 bits per heavy atom. The summed E-state index contributed by atoms with van der Waals surface area (Å²) in [6.45, 7) is 3.02. The first-order chi connectivity index (χ1) is 14.8. The van der Waals surface area contributed by atoms with E-state index in [1.54, 1.807) is 18.7 Å². The van der Waals surface area contributed by atoms with Gasteiger partial charge in [-0.05, 0) is 13.8 Å². The fourth-order valence-corrected chi connectivity index (χ4v) is 4.07. The second-order valence-corrected chi connectivity index (χ2v) is 9.48. The normalized spacial score (nSPS) is 11.5. The minimum absolute atomic E-state index is 0.0777. The Kier molecular flexibility index (Phi) is 11.1. The van der Waals surface area contributed by atoms with E-state index in [2.05, 4.69) is 36.4 Å². The van der Waals surface area contributed by atoms with Crippen LogP contribution in [0, 0.1) is 20.2 Å². The summed E-state index contributed by atoms with van der Waals surface area (Å²) in [5.74, 6) is -0.773. The van der Waals surface area contributed by atoms with E-state index in [1.165, 1.54) is 4.90 Å². The zero-order valence-electron chi connectivity index (χ0n) is 17.2. The predicted molar refractivity (Wildman–Crippen MR) is 124 cm³/mol. The molecule has 32 heavy (non-hydrogen) atoms. The summed E-state index contributed by atoms with van der Waals surface area (Å²) in [5.41, 5.74) is -1.57. The largest absolute Gasteiger partial charge is 0.469 e. The van der Waals surface area contributed by atoms with E-state index in [0.29, 0.717) is 10.7 Å². The summed E-state index contributed by atoms with van der Waals surface area (Å²) in [4.78, 5) is 55.4. The SMILES string of the molecule is CC(C)N(CCOP(=O)(O)O)C(=O)c1cc([N+](=O)[O-])cc([N+](=O)[O-])c1N(CCBr)CCBr. The molecule has 0 aliphatic heterocycles. The topological polar surface area (TPSA) is 177 Å². The molecule has 0 radical (unpaired) electrons. The first-order valence-corrected chi connectivity index (χ1v) is 13.0. The van der Waals surface area contributed by atoms with E-state index in [0.717, 1.165) is 12.1 Å². The van der Waals surface area contributed by atoms with Gasteiger partial charge in [-0.1, -0.05) is 31.9 Å². The molecule has 0 aliphatic carbocycles. The quantitative estimate of drug-likeness (QED) is 0.147. The van der Waals surface area contributed by atoms with Crippen LogP contribution >= 0.6 is 39.7 Å². The molecular formula is C16H23Br2N4O9P. The zero-order valence-corrected chi connectivity index (χ0v) is 21.3. The molecule has 0 saturated carbocycles. The maximum absolute atomic E-state index is 13.4. The first-order valence-electron chi connectivity index (χ1n) is 9.18. The summed E-state index contributed by atoms with van der Waals surface area (Å²) in [6, 6.07) is 1.27. The van der Waals surface area contributed by atoms with Crippen molar-refractivity contribution in [1.29, 1.82) is 0 Å². The molecule has 2 N–H and O–H groups in total. The third-order valence-electron chi connectivity index (χ3n) is 4.21. The van der Waals surface area contributed by atoms with E-state index in [4.69, 9.17) is 9.79 Å². The number of rotatable bonds is 13. The lowest BCUT2D eigenvalue weighted by atomic mass is 10.1. The van der Waals surface area contributed by atoms with Gasteiger partial charge in [0.1, 0.15) is 5.69 Å². The Morgan fingerprint density at radius 3 is 2.09 bits per heavy atom. The van der Waals surface area contributed by atoms with Crippen LogP contribution in [0.3, 0.4) is 0 Å². The number of non-ortho nitro benzene ring substituents is 1. The maximum atomic E-state index is 13.4. The number of phosphoric acid groups is 1. The van der Waals surface area contributed by atoms with Gasteiger partial charge >= 0.3 is 7.82 Å². The Balaban J connectivity index is 3.66. The van der Waals surface area contributed by atoms with Crippen molar-refractivity contribution < 1.29 is 33.5 Å². The summed E-state index contributed by atoms with van der Waals surface area (Å²) in [7, 11) is -4.77. The Hall–Kier alpha value is -1.64. The predicted octanol–water partition coefficient (Wildman–Crippen LogP) is 3.06.